The Balaban J connectivity index is 1.55. The molecule has 2 aromatic carbocycles. The van der Waals surface area contributed by atoms with Gasteiger partial charge in [0, 0.05) is 29.7 Å². The number of benzene rings is 2. The molecule has 2 aromatic heterocycles. The molecule has 0 amide bonds. The Morgan fingerprint density at radius 2 is 1.86 bits per heavy atom. The summed E-state index contributed by atoms with van der Waals surface area (Å²) < 4.78 is 7.73. The summed E-state index contributed by atoms with van der Waals surface area (Å²) in [5.74, 6) is 1.70. The highest BCUT2D eigenvalue weighted by Crippen LogP contribution is 2.33. The molecule has 1 atom stereocenters. The third-order valence-corrected chi connectivity index (χ3v) is 7.58. The van der Waals surface area contributed by atoms with Crippen LogP contribution in [0.1, 0.15) is 80.0 Å². The van der Waals surface area contributed by atoms with Gasteiger partial charge in [0.15, 0.2) is 5.82 Å². The fourth-order valence-corrected chi connectivity index (χ4v) is 5.65. The molecule has 0 radical (unpaired) electrons. The van der Waals surface area contributed by atoms with Gasteiger partial charge in [-0.15, -0.1) is 5.10 Å². The Morgan fingerprint density at radius 3 is 2.65 bits per heavy atom. The number of ether oxygens (including phenoxy) is 1. The lowest BCUT2D eigenvalue weighted by atomic mass is 9.95. The van der Waals surface area contributed by atoms with E-state index in [9.17, 15) is 4.79 Å². The van der Waals surface area contributed by atoms with Crippen molar-refractivity contribution in [3.05, 3.63) is 81.4 Å². The van der Waals surface area contributed by atoms with E-state index in [0.717, 1.165) is 58.4 Å². The van der Waals surface area contributed by atoms with Crippen molar-refractivity contribution in [2.45, 2.75) is 77.5 Å². The minimum Gasteiger partial charge on any atom is -0.496 e. The SMILES string of the molecule is CC[C@H](c1nnnn1C1CCCCC1)N(Cc1ccccc1OC)Cc1cc2cc(C)ccc2[nH]c1=O. The van der Waals surface area contributed by atoms with E-state index < -0.39 is 0 Å². The number of rotatable bonds is 9. The van der Waals surface area contributed by atoms with Gasteiger partial charge in [0.1, 0.15) is 5.75 Å². The molecule has 1 aliphatic carbocycles. The third-order valence-electron chi connectivity index (χ3n) is 7.58. The van der Waals surface area contributed by atoms with Gasteiger partial charge in [0.25, 0.3) is 5.56 Å². The number of nitrogens with zero attached hydrogens (tertiary/aromatic N) is 5. The predicted octanol–water partition coefficient (Wildman–Crippen LogP) is 5.49. The number of nitrogens with one attached hydrogen (secondary N) is 1. The third kappa shape index (κ3) is 5.44. The lowest BCUT2D eigenvalue weighted by Crippen LogP contribution is -2.33. The summed E-state index contributed by atoms with van der Waals surface area (Å²) >= 11 is 0. The lowest BCUT2D eigenvalue weighted by molar-refractivity contribution is 0.153. The van der Waals surface area contributed by atoms with E-state index in [1.807, 2.05) is 36.4 Å². The summed E-state index contributed by atoms with van der Waals surface area (Å²) in [6.07, 6.45) is 6.70. The Labute approximate surface area is 217 Å². The summed E-state index contributed by atoms with van der Waals surface area (Å²) in [4.78, 5) is 18.6. The Hall–Kier alpha value is -3.52. The van der Waals surface area contributed by atoms with Crippen LogP contribution in [0, 0.1) is 6.92 Å². The molecule has 1 fully saturated rings. The zero-order chi connectivity index (χ0) is 25.8. The monoisotopic (exact) mass is 500 g/mol. The van der Waals surface area contributed by atoms with Crippen LogP contribution in [0.2, 0.25) is 0 Å². The second kappa shape index (κ2) is 11.3. The standard InChI is InChI=1S/C29H36N6O2/c1-4-26(28-31-32-33-35(28)24-11-6-5-7-12-24)34(18-21-10-8-9-13-27(21)37-3)19-23-17-22-16-20(2)14-15-25(22)30-29(23)36/h8-10,13-17,24,26H,4-7,11-12,18-19H2,1-3H3,(H,30,36)/t26-/m1/s1. The summed E-state index contributed by atoms with van der Waals surface area (Å²) in [6.45, 7) is 5.29. The number of fused-ring (bicyclic) bond motifs is 1. The van der Waals surface area contributed by atoms with Crippen LogP contribution in [-0.2, 0) is 13.1 Å². The first kappa shape index (κ1) is 25.1. The molecule has 8 heteroatoms. The van der Waals surface area contributed by atoms with E-state index in [2.05, 4.69) is 56.1 Å². The van der Waals surface area contributed by atoms with Crippen LogP contribution in [-0.4, -0.2) is 37.2 Å². The van der Waals surface area contributed by atoms with E-state index in [4.69, 9.17) is 4.74 Å². The first-order chi connectivity index (χ1) is 18.1. The van der Waals surface area contributed by atoms with Crippen LogP contribution < -0.4 is 10.3 Å². The van der Waals surface area contributed by atoms with E-state index >= 15 is 0 Å². The summed E-state index contributed by atoms with van der Waals surface area (Å²) in [7, 11) is 1.69. The quantitative estimate of drug-likeness (QED) is 0.327. The minimum atomic E-state index is -0.0666. The number of aromatic amines is 1. The van der Waals surface area contributed by atoms with Crippen molar-refractivity contribution in [3.63, 3.8) is 0 Å². The number of hydrogen-bond donors (Lipinski definition) is 1. The fourth-order valence-electron chi connectivity index (χ4n) is 5.65. The maximum absolute atomic E-state index is 13.2. The summed E-state index contributed by atoms with van der Waals surface area (Å²) in [5, 5.41) is 14.1. The van der Waals surface area contributed by atoms with Crippen LogP contribution in [0.3, 0.4) is 0 Å². The molecule has 8 nitrogen and oxygen atoms in total. The minimum absolute atomic E-state index is 0.0607. The van der Waals surface area contributed by atoms with Crippen molar-refractivity contribution >= 4 is 10.9 Å². The lowest BCUT2D eigenvalue weighted by Gasteiger charge is -2.32. The van der Waals surface area contributed by atoms with Gasteiger partial charge in [0.05, 0.1) is 19.2 Å². The highest BCUT2D eigenvalue weighted by Gasteiger charge is 2.29. The molecule has 0 aliphatic heterocycles. The zero-order valence-corrected chi connectivity index (χ0v) is 22.0. The van der Waals surface area contributed by atoms with Crippen LogP contribution in [0.4, 0.5) is 0 Å². The molecule has 0 saturated heterocycles. The number of para-hydroxylation sites is 1. The van der Waals surface area contributed by atoms with Crippen LogP contribution >= 0.6 is 0 Å². The number of hydrogen-bond acceptors (Lipinski definition) is 6. The van der Waals surface area contributed by atoms with Crippen molar-refractivity contribution in [3.8, 4) is 5.75 Å². The number of H-pyrrole nitrogens is 1. The predicted molar refractivity (Wildman–Crippen MR) is 145 cm³/mol. The Morgan fingerprint density at radius 1 is 1.08 bits per heavy atom. The summed E-state index contributed by atoms with van der Waals surface area (Å²) in [6, 6.07) is 16.4. The maximum Gasteiger partial charge on any atom is 0.252 e. The zero-order valence-electron chi connectivity index (χ0n) is 22.0. The average molecular weight is 501 g/mol. The highest BCUT2D eigenvalue weighted by atomic mass is 16.5. The van der Waals surface area contributed by atoms with Crippen molar-refractivity contribution in [1.29, 1.82) is 0 Å². The van der Waals surface area contributed by atoms with Gasteiger partial charge in [-0.3, -0.25) is 9.69 Å². The maximum atomic E-state index is 13.2. The van der Waals surface area contributed by atoms with Crippen LogP contribution in [0.15, 0.2) is 53.3 Å². The van der Waals surface area contributed by atoms with Gasteiger partial charge >= 0.3 is 0 Å². The number of aryl methyl sites for hydroxylation is 1. The van der Waals surface area contributed by atoms with Crippen molar-refractivity contribution in [2.75, 3.05) is 7.11 Å². The van der Waals surface area contributed by atoms with Crippen molar-refractivity contribution in [2.24, 2.45) is 0 Å². The molecule has 4 aromatic rings. The molecular weight excluding hydrogens is 464 g/mol. The van der Waals surface area contributed by atoms with Gasteiger partial charge in [-0.25, -0.2) is 4.68 Å². The summed E-state index contributed by atoms with van der Waals surface area (Å²) in [5.41, 5.74) is 3.73. The molecule has 1 N–H and O–H groups in total. The van der Waals surface area contributed by atoms with E-state index in [1.165, 1.54) is 19.3 Å². The van der Waals surface area contributed by atoms with Crippen LogP contribution in [0.25, 0.3) is 10.9 Å². The molecule has 37 heavy (non-hydrogen) atoms. The molecular formula is C29H36N6O2. The second-order valence-electron chi connectivity index (χ2n) is 10.1. The van der Waals surface area contributed by atoms with Gasteiger partial charge in [0.2, 0.25) is 0 Å². The van der Waals surface area contributed by atoms with E-state index in [-0.39, 0.29) is 11.6 Å². The van der Waals surface area contributed by atoms with E-state index in [1.54, 1.807) is 7.11 Å². The molecule has 1 aliphatic rings. The molecule has 0 spiro atoms. The Bertz CT molecular complexity index is 1410. The van der Waals surface area contributed by atoms with Gasteiger partial charge in [-0.1, -0.05) is 56.0 Å². The first-order valence-electron chi connectivity index (χ1n) is 13.3. The first-order valence-corrected chi connectivity index (χ1v) is 13.3. The van der Waals surface area contributed by atoms with Crippen LogP contribution in [0.5, 0.6) is 5.75 Å². The Kier molecular flexibility index (Phi) is 7.65. The van der Waals surface area contributed by atoms with Gasteiger partial charge < -0.3 is 9.72 Å². The second-order valence-corrected chi connectivity index (χ2v) is 10.1. The topological polar surface area (TPSA) is 88.9 Å². The number of tetrazole rings is 1. The number of pyridine rings is 1. The fraction of sp³-hybridized carbons (Fsp3) is 0.448. The molecule has 194 valence electrons. The normalized spacial score (nSPS) is 15.4. The van der Waals surface area contributed by atoms with E-state index in [0.29, 0.717) is 19.1 Å². The smallest absolute Gasteiger partial charge is 0.252 e. The molecule has 0 bridgehead atoms. The molecule has 5 rings (SSSR count). The largest absolute Gasteiger partial charge is 0.496 e. The number of aromatic nitrogens is 5. The highest BCUT2D eigenvalue weighted by molar-refractivity contribution is 5.79. The van der Waals surface area contributed by atoms with Gasteiger partial charge in [-0.05, 0) is 66.3 Å². The molecule has 1 saturated carbocycles. The van der Waals surface area contributed by atoms with Gasteiger partial charge in [-0.2, -0.15) is 0 Å². The number of methoxy groups -OCH3 is 1. The molecule has 2 heterocycles. The van der Waals surface area contributed by atoms with Crippen molar-refractivity contribution < 1.29 is 4.74 Å². The molecule has 0 unspecified atom stereocenters. The average Bonchev–Trinajstić information content (AvgIpc) is 3.40. The van der Waals surface area contributed by atoms with Crippen molar-refractivity contribution in [1.82, 2.24) is 30.1 Å².